The predicted molar refractivity (Wildman–Crippen MR) is 149 cm³/mol. The van der Waals surface area contributed by atoms with E-state index in [4.69, 9.17) is 42.1 Å². The maximum absolute atomic E-state index is 13.2. The Morgan fingerprint density at radius 1 is 0.921 bits per heavy atom. The van der Waals surface area contributed by atoms with E-state index in [-0.39, 0.29) is 5.76 Å². The molecule has 1 aliphatic rings. The maximum atomic E-state index is 13.2. The number of hydrogen-bond donors (Lipinski definition) is 0. The van der Waals surface area contributed by atoms with Crippen LogP contribution in [-0.2, 0) is 4.74 Å². The van der Waals surface area contributed by atoms with Gasteiger partial charge in [-0.05, 0) is 74.5 Å². The average Bonchev–Trinajstić information content (AvgIpc) is 2.95. The number of methoxy groups -OCH3 is 2. The molecule has 1 saturated heterocycles. The van der Waals surface area contributed by atoms with Crippen molar-refractivity contribution in [2.24, 2.45) is 0 Å². The zero-order chi connectivity index (χ0) is 26.9. The molecule has 38 heavy (non-hydrogen) atoms. The first kappa shape index (κ1) is 27.8. The van der Waals surface area contributed by atoms with Gasteiger partial charge in [0.05, 0.1) is 29.8 Å². The van der Waals surface area contributed by atoms with Gasteiger partial charge in [0.25, 0.3) is 0 Å². The molecule has 7 nitrogen and oxygen atoms in total. The van der Waals surface area contributed by atoms with Crippen molar-refractivity contribution in [1.29, 1.82) is 0 Å². The fourth-order valence-electron chi connectivity index (χ4n) is 4.17. The molecule has 3 aromatic rings. The molecule has 1 aromatic heterocycles. The Balaban J connectivity index is 1.52. The Kier molecular flexibility index (Phi) is 9.87. The van der Waals surface area contributed by atoms with Gasteiger partial charge in [-0.3, -0.25) is 9.88 Å². The summed E-state index contributed by atoms with van der Waals surface area (Å²) in [6.07, 6.45) is 8.34. The molecule has 9 heteroatoms. The van der Waals surface area contributed by atoms with Crippen molar-refractivity contribution in [3.8, 4) is 17.2 Å². The molecule has 4 rings (SSSR count). The molecule has 0 bridgehead atoms. The minimum Gasteiger partial charge on any atom is -0.493 e. The molecule has 0 unspecified atom stereocenters. The largest absolute Gasteiger partial charge is 0.493 e. The number of esters is 1. The van der Waals surface area contributed by atoms with Gasteiger partial charge in [-0.1, -0.05) is 29.6 Å². The van der Waals surface area contributed by atoms with Crippen LogP contribution in [0.2, 0.25) is 10.0 Å². The number of pyridine rings is 1. The highest BCUT2D eigenvalue weighted by Crippen LogP contribution is 2.34. The number of ether oxygens (including phenoxy) is 4. The number of aromatic nitrogens is 1. The Morgan fingerprint density at radius 3 is 2.24 bits per heavy atom. The summed E-state index contributed by atoms with van der Waals surface area (Å²) < 4.78 is 22.5. The standard InChI is InChI=1S/C29H30Cl2N2O5/c1-35-26-11-8-21(16-28(26)36-2)27(17-23-24(30)18-32-19-25(23)31)38-29(34)20-6-9-22(10-7-20)37-15-14-33-12-4-3-5-13-33/h6-11,16-19H,3-5,12-15H2,1-2H3. The first-order valence-corrected chi connectivity index (χ1v) is 13.1. The second kappa shape index (κ2) is 13.5. The van der Waals surface area contributed by atoms with E-state index in [1.807, 2.05) is 0 Å². The third-order valence-electron chi connectivity index (χ3n) is 6.25. The summed E-state index contributed by atoms with van der Waals surface area (Å²) in [6.45, 7) is 3.74. The summed E-state index contributed by atoms with van der Waals surface area (Å²) in [5, 5.41) is 0.634. The lowest BCUT2D eigenvalue weighted by Gasteiger charge is -2.26. The summed E-state index contributed by atoms with van der Waals surface area (Å²) in [7, 11) is 3.08. The molecule has 1 aliphatic heterocycles. The van der Waals surface area contributed by atoms with Gasteiger partial charge in [0, 0.05) is 30.1 Å². The van der Waals surface area contributed by atoms with E-state index < -0.39 is 5.97 Å². The monoisotopic (exact) mass is 556 g/mol. The summed E-state index contributed by atoms with van der Waals surface area (Å²) in [6, 6.07) is 12.1. The molecule has 200 valence electrons. The first-order chi connectivity index (χ1) is 18.5. The lowest BCUT2D eigenvalue weighted by atomic mass is 10.1. The van der Waals surface area contributed by atoms with Crippen molar-refractivity contribution in [2.45, 2.75) is 19.3 Å². The predicted octanol–water partition coefficient (Wildman–Crippen LogP) is 6.63. The van der Waals surface area contributed by atoms with Crippen LogP contribution < -0.4 is 14.2 Å². The Morgan fingerprint density at radius 2 is 1.58 bits per heavy atom. The molecule has 0 saturated carbocycles. The summed E-state index contributed by atoms with van der Waals surface area (Å²) in [4.78, 5) is 19.6. The van der Waals surface area contributed by atoms with Crippen LogP contribution in [0.15, 0.2) is 54.9 Å². The number of benzene rings is 2. The normalized spacial score (nSPS) is 14.2. The number of halogens is 2. The minimum absolute atomic E-state index is 0.229. The van der Waals surface area contributed by atoms with Crippen LogP contribution in [0.5, 0.6) is 17.2 Å². The van der Waals surface area contributed by atoms with Crippen LogP contribution >= 0.6 is 23.2 Å². The minimum atomic E-state index is -0.549. The molecule has 0 radical (unpaired) electrons. The molecule has 0 N–H and O–H groups in total. The Hall–Kier alpha value is -3.26. The quantitative estimate of drug-likeness (QED) is 0.205. The van der Waals surface area contributed by atoms with Gasteiger partial charge in [0.15, 0.2) is 11.5 Å². The molecule has 1 fully saturated rings. The number of carbonyl (C=O) groups is 1. The van der Waals surface area contributed by atoms with E-state index >= 15 is 0 Å². The number of likely N-dealkylation sites (tertiary alicyclic amines) is 1. The third-order valence-corrected chi connectivity index (χ3v) is 6.85. The lowest BCUT2D eigenvalue weighted by Crippen LogP contribution is -2.33. The first-order valence-electron chi connectivity index (χ1n) is 12.4. The van der Waals surface area contributed by atoms with E-state index in [2.05, 4.69) is 9.88 Å². The Labute approximate surface area is 232 Å². The van der Waals surface area contributed by atoms with Gasteiger partial charge in [0.2, 0.25) is 0 Å². The summed E-state index contributed by atoms with van der Waals surface area (Å²) in [5.41, 5.74) is 1.41. The van der Waals surface area contributed by atoms with Crippen molar-refractivity contribution < 1.29 is 23.7 Å². The van der Waals surface area contributed by atoms with Gasteiger partial charge in [-0.15, -0.1) is 0 Å². The van der Waals surface area contributed by atoms with E-state index in [0.29, 0.717) is 50.6 Å². The van der Waals surface area contributed by atoms with Gasteiger partial charge in [-0.25, -0.2) is 4.79 Å². The van der Waals surface area contributed by atoms with Crippen molar-refractivity contribution in [3.05, 3.63) is 81.6 Å². The lowest BCUT2D eigenvalue weighted by molar-refractivity contribution is 0.0693. The smallest absolute Gasteiger partial charge is 0.343 e. The van der Waals surface area contributed by atoms with Crippen LogP contribution in [-0.4, -0.2) is 56.3 Å². The van der Waals surface area contributed by atoms with Gasteiger partial charge in [0.1, 0.15) is 18.1 Å². The van der Waals surface area contributed by atoms with E-state index in [1.54, 1.807) is 55.7 Å². The van der Waals surface area contributed by atoms with Crippen LogP contribution in [0.4, 0.5) is 0 Å². The number of hydrogen-bond acceptors (Lipinski definition) is 7. The van der Waals surface area contributed by atoms with Crippen molar-refractivity contribution in [3.63, 3.8) is 0 Å². The average molecular weight is 557 g/mol. The van der Waals surface area contributed by atoms with Crippen molar-refractivity contribution in [1.82, 2.24) is 9.88 Å². The second-order valence-electron chi connectivity index (χ2n) is 8.76. The fraction of sp³-hybridized carbons (Fsp3) is 0.310. The zero-order valence-corrected chi connectivity index (χ0v) is 22.9. The van der Waals surface area contributed by atoms with Crippen molar-refractivity contribution in [2.75, 3.05) is 40.5 Å². The summed E-state index contributed by atoms with van der Waals surface area (Å²) in [5.74, 6) is 1.40. The highest BCUT2D eigenvalue weighted by atomic mass is 35.5. The van der Waals surface area contributed by atoms with Crippen molar-refractivity contribution >= 4 is 41.0 Å². The number of rotatable bonds is 10. The molecule has 2 heterocycles. The molecule has 0 atom stereocenters. The summed E-state index contributed by atoms with van der Waals surface area (Å²) >= 11 is 12.7. The fourth-order valence-corrected chi connectivity index (χ4v) is 4.65. The topological polar surface area (TPSA) is 70.1 Å². The number of nitrogens with zero attached hydrogens (tertiary/aromatic N) is 2. The van der Waals surface area contributed by atoms with Crippen LogP contribution in [0.1, 0.15) is 40.7 Å². The van der Waals surface area contributed by atoms with Crippen LogP contribution in [0.3, 0.4) is 0 Å². The molecular weight excluding hydrogens is 527 g/mol. The molecule has 0 amide bonds. The third kappa shape index (κ3) is 7.19. The van der Waals surface area contributed by atoms with Gasteiger partial charge >= 0.3 is 5.97 Å². The van der Waals surface area contributed by atoms with Crippen LogP contribution in [0, 0.1) is 0 Å². The molecule has 0 spiro atoms. The highest BCUT2D eigenvalue weighted by molar-refractivity contribution is 6.37. The van der Waals surface area contributed by atoms with Crippen LogP contribution in [0.25, 0.3) is 11.8 Å². The SMILES string of the molecule is COc1ccc(C(=Cc2c(Cl)cncc2Cl)OC(=O)c2ccc(OCCN3CCCCC3)cc2)cc1OC. The van der Waals surface area contributed by atoms with E-state index in [0.717, 1.165) is 19.6 Å². The Bertz CT molecular complexity index is 1250. The van der Waals surface area contributed by atoms with Gasteiger partial charge < -0.3 is 18.9 Å². The molecule has 2 aromatic carbocycles. The van der Waals surface area contributed by atoms with Gasteiger partial charge in [-0.2, -0.15) is 0 Å². The number of carbonyl (C=O) groups excluding carboxylic acids is 1. The zero-order valence-electron chi connectivity index (χ0n) is 21.4. The second-order valence-corrected chi connectivity index (χ2v) is 9.57. The molecular formula is C29H30Cl2N2O5. The highest BCUT2D eigenvalue weighted by Gasteiger charge is 2.17. The molecule has 0 aliphatic carbocycles. The van der Waals surface area contributed by atoms with E-state index in [9.17, 15) is 4.79 Å². The van der Waals surface area contributed by atoms with E-state index in [1.165, 1.54) is 38.8 Å². The maximum Gasteiger partial charge on any atom is 0.343 e. The number of piperidine rings is 1.